The Balaban J connectivity index is 0.000000164. The molecule has 0 unspecified atom stereocenters. The lowest BCUT2D eigenvalue weighted by Crippen LogP contribution is -2.24. The Morgan fingerprint density at radius 1 is 0.425 bits per heavy atom. The Labute approximate surface area is 629 Å². The molecule has 5 heterocycles. The number of hydrogen-bond donors (Lipinski definition) is 6. The van der Waals surface area contributed by atoms with Crippen molar-refractivity contribution in [3.05, 3.63) is 191 Å². The summed E-state index contributed by atoms with van der Waals surface area (Å²) in [6.07, 6.45) is 5.44. The largest absolute Gasteiger partial charge is 0.454 e. The molecule has 36 heteroatoms. The van der Waals surface area contributed by atoms with E-state index < -0.39 is 40.1 Å². The normalized spacial score (nSPS) is 13.0. The second-order valence-corrected chi connectivity index (χ2v) is 34.8. The van der Waals surface area contributed by atoms with E-state index in [-0.39, 0.29) is 93.0 Å². The van der Waals surface area contributed by atoms with Crippen LogP contribution in [0.5, 0.6) is 11.5 Å². The number of Topliss-reactive ketones (excluding diaryl/α,β-unsaturated/α-hetero) is 4. The molecular weight excluding hydrogens is 1530 g/mol. The fourth-order valence-corrected chi connectivity index (χ4v) is 16.4. The highest BCUT2D eigenvalue weighted by Crippen LogP contribution is 2.37. The third-order valence-corrected chi connectivity index (χ3v) is 24.2. The second kappa shape index (κ2) is 35.5. The van der Waals surface area contributed by atoms with Gasteiger partial charge in [0, 0.05) is 111 Å². The molecule has 0 saturated carbocycles. The van der Waals surface area contributed by atoms with E-state index in [9.17, 15) is 72.0 Å². The number of aryl methyl sites for hydroxylation is 2. The monoisotopic (exact) mass is 1590 g/mol. The highest BCUT2D eigenvalue weighted by Gasteiger charge is 2.28. The molecule has 0 spiro atoms. The lowest BCUT2D eigenvalue weighted by atomic mass is 10.1. The number of nitrogens with one attached hydrogen (secondary N) is 6. The summed E-state index contributed by atoms with van der Waals surface area (Å²) in [5.41, 5.74) is 7.34. The molecule has 6 aromatic carbocycles. The van der Waals surface area contributed by atoms with Crippen molar-refractivity contribution in [2.45, 2.75) is 66.5 Å². The summed E-state index contributed by atoms with van der Waals surface area (Å²) in [4.78, 5) is 104. The average molecular weight is 1600 g/mol. The van der Waals surface area contributed by atoms with Crippen LogP contribution in [0.1, 0.15) is 86.8 Å². The van der Waals surface area contributed by atoms with Gasteiger partial charge in [-0.25, -0.2) is 38.7 Å². The summed E-state index contributed by atoms with van der Waals surface area (Å²) in [6.45, 7) is 6.86. The lowest BCUT2D eigenvalue weighted by Gasteiger charge is -2.12. The van der Waals surface area contributed by atoms with Gasteiger partial charge in [-0.1, -0.05) is 47.0 Å². The van der Waals surface area contributed by atoms with Crippen LogP contribution in [0, 0.1) is 0 Å². The quantitative estimate of drug-likeness (QED) is 0.0306. The van der Waals surface area contributed by atoms with Gasteiger partial charge in [0.2, 0.25) is 6.79 Å². The van der Waals surface area contributed by atoms with Crippen molar-refractivity contribution in [1.29, 1.82) is 0 Å². The zero-order valence-electron chi connectivity index (χ0n) is 57.5. The molecule has 1 aliphatic carbocycles. The molecule has 0 fully saturated rings. The SMILES string of the molecule is CC(=O)SCC(=O)c1ccc(NS(=O)(=O)c2ccc3c(c2)NCN3)cc1.CC(=O)SCC(=O)c1ccc(NS(=O)(=O)c2ccc3c(c2)OCO3)cc1.CC(=O)SCC(=O)c1ccc(NS(=O)(=O)c2cnc3c(c2)CCC3)cc1.CC(=O)SCC(=O)c1ccc(NS(=O)(=O)c2cnc3c(c2)N(C)CN3C)cc1. The van der Waals surface area contributed by atoms with Crippen LogP contribution in [0.2, 0.25) is 0 Å². The topological polar surface area (TPSA) is 396 Å². The van der Waals surface area contributed by atoms with Gasteiger partial charge in [0.25, 0.3) is 40.1 Å². The number of thioether (sulfide) groups is 4. The molecule has 0 atom stereocenters. The molecule has 0 bridgehead atoms. The molecule has 6 N–H and O–H groups in total. The van der Waals surface area contributed by atoms with E-state index in [0.717, 1.165) is 100 Å². The van der Waals surface area contributed by atoms with Crippen LogP contribution in [0.4, 0.5) is 45.6 Å². The minimum absolute atomic E-state index is 0.0414. The van der Waals surface area contributed by atoms with Gasteiger partial charge >= 0.3 is 0 Å². The van der Waals surface area contributed by atoms with Crippen LogP contribution in [0.3, 0.4) is 0 Å². The molecule has 0 radical (unpaired) electrons. The highest BCUT2D eigenvalue weighted by molar-refractivity contribution is 8.15. The molecule has 28 nitrogen and oxygen atoms in total. The summed E-state index contributed by atoms with van der Waals surface area (Å²) < 4.78 is 121. The number of sulfonamides is 4. The maximum atomic E-state index is 12.7. The number of carbonyl (C=O) groups is 8. The summed E-state index contributed by atoms with van der Waals surface area (Å²) in [7, 11) is -11.3. The number of ketones is 4. The van der Waals surface area contributed by atoms with Crippen molar-refractivity contribution in [2.24, 2.45) is 0 Å². The summed E-state index contributed by atoms with van der Waals surface area (Å²) in [5, 5.41) is 5.63. The van der Waals surface area contributed by atoms with Gasteiger partial charge in [-0.05, 0) is 164 Å². The first-order valence-electron chi connectivity index (χ1n) is 31.8. The fraction of sp³-hybridized carbons (Fsp3) is 0.229. The van der Waals surface area contributed by atoms with Crippen LogP contribution >= 0.6 is 47.0 Å². The van der Waals surface area contributed by atoms with Gasteiger partial charge in [-0.15, -0.1) is 0 Å². The maximum absolute atomic E-state index is 12.7. The number of aromatic nitrogens is 2. The number of hydrogen-bond acceptors (Lipinski definition) is 28. The first kappa shape index (κ1) is 80.3. The van der Waals surface area contributed by atoms with Crippen LogP contribution in [-0.4, -0.2) is 144 Å². The predicted octanol–water partition coefficient (Wildman–Crippen LogP) is 10.4. The van der Waals surface area contributed by atoms with E-state index in [0.29, 0.717) is 69.8 Å². The molecule has 4 aliphatic rings. The minimum Gasteiger partial charge on any atom is -0.454 e. The van der Waals surface area contributed by atoms with Gasteiger partial charge in [-0.2, -0.15) is 0 Å². The standard InChI is InChI=1S/C18H20N4O4S2.C18H18N2O4S2.C17H17N3O4S2.C17H15NO6S2/c1-12(23)27-10-17(24)13-4-6-14(7-5-13)20-28(25,26)15-8-16-18(19-9-15)22(3)11-21(16)2;1-12(21)25-11-18(22)13-5-7-15(8-6-13)20-26(23,24)16-9-14-3-2-4-17(14)19-10-16;1-11(21)25-9-17(22)12-2-4-13(5-3-12)20-26(23,24)14-6-7-15-16(8-14)19-10-18-15;1-11(19)25-9-15(20)12-2-4-13(5-3-12)18-26(21,22)14-6-7-16-17(8-14)24-10-23-16/h4-9,20H,10-11H2,1-3H3;5-10,20H,2-4,11H2,1H3;2-8,18-20H,9-10H2,1H3;2-8,18H,9-10H2,1H3. The first-order valence-corrected chi connectivity index (χ1v) is 41.7. The molecule has 8 aromatic rings. The second-order valence-electron chi connectivity index (χ2n) is 23.5. The summed E-state index contributed by atoms with van der Waals surface area (Å²) in [5.74, 6) is 1.09. The molecule has 106 heavy (non-hydrogen) atoms. The van der Waals surface area contributed by atoms with Gasteiger partial charge in [0.05, 0.1) is 63.2 Å². The van der Waals surface area contributed by atoms with E-state index in [2.05, 4.69) is 39.5 Å². The van der Waals surface area contributed by atoms with E-state index in [1.807, 2.05) is 23.9 Å². The number of nitrogens with zero attached hydrogens (tertiary/aromatic N) is 4. The molecule has 556 valence electrons. The molecule has 0 amide bonds. The zero-order valence-corrected chi connectivity index (χ0v) is 64.0. The molecule has 3 aliphatic heterocycles. The van der Waals surface area contributed by atoms with Gasteiger partial charge in [0.1, 0.15) is 9.79 Å². The van der Waals surface area contributed by atoms with Gasteiger partial charge in [0.15, 0.2) is 60.9 Å². The van der Waals surface area contributed by atoms with Crippen molar-refractivity contribution in [3.8, 4) is 11.5 Å². The first-order chi connectivity index (χ1) is 50.2. The summed E-state index contributed by atoms with van der Waals surface area (Å²) in [6, 6.07) is 36.8. The number of benzene rings is 6. The van der Waals surface area contributed by atoms with Crippen molar-refractivity contribution in [3.63, 3.8) is 0 Å². The maximum Gasteiger partial charge on any atom is 0.263 e. The number of fused-ring (bicyclic) bond motifs is 4. The number of ether oxygens (including phenoxy) is 2. The van der Waals surface area contributed by atoms with Crippen LogP contribution < -0.4 is 48.8 Å². The number of carbonyl (C=O) groups excluding carboxylic acids is 8. The zero-order chi connectivity index (χ0) is 76.7. The summed E-state index contributed by atoms with van der Waals surface area (Å²) >= 11 is 3.77. The van der Waals surface area contributed by atoms with Crippen molar-refractivity contribution in [1.82, 2.24) is 9.97 Å². The Kier molecular flexibility index (Phi) is 26.9. The van der Waals surface area contributed by atoms with Crippen molar-refractivity contribution in [2.75, 3.05) is 96.6 Å². The number of rotatable bonds is 24. The number of anilines is 8. The smallest absolute Gasteiger partial charge is 0.263 e. The molecule has 12 rings (SSSR count). The minimum atomic E-state index is -3.82. The number of pyridine rings is 2. The van der Waals surface area contributed by atoms with Crippen molar-refractivity contribution >= 4 is 176 Å². The third-order valence-electron chi connectivity index (χ3n) is 15.5. The predicted molar refractivity (Wildman–Crippen MR) is 412 cm³/mol. The highest BCUT2D eigenvalue weighted by atomic mass is 32.2. The average Bonchev–Trinajstić information content (AvgIpc) is 1.61. The fourth-order valence-electron chi connectivity index (χ4n) is 10.2. The van der Waals surface area contributed by atoms with E-state index in [4.69, 9.17) is 9.47 Å². The Bertz CT molecular complexity index is 4800. The van der Waals surface area contributed by atoms with Crippen molar-refractivity contribution < 1.29 is 81.5 Å². The Hall–Kier alpha value is -9.82. The third kappa shape index (κ3) is 22.1. The Morgan fingerprint density at radius 2 is 0.802 bits per heavy atom. The van der Waals surface area contributed by atoms with Gasteiger partial charge in [-0.3, -0.25) is 62.2 Å². The molecule has 0 saturated heterocycles. The molecule has 2 aromatic heterocycles. The Morgan fingerprint density at radius 3 is 1.24 bits per heavy atom. The van der Waals surface area contributed by atoms with Crippen LogP contribution in [0.15, 0.2) is 178 Å². The van der Waals surface area contributed by atoms with E-state index in [1.54, 1.807) is 36.4 Å². The van der Waals surface area contributed by atoms with E-state index in [1.165, 1.54) is 149 Å². The van der Waals surface area contributed by atoms with Crippen LogP contribution in [0.25, 0.3) is 0 Å². The lowest BCUT2D eigenvalue weighted by molar-refractivity contribution is -0.109. The van der Waals surface area contributed by atoms with Gasteiger partial charge < -0.3 is 29.9 Å². The van der Waals surface area contributed by atoms with Crippen LogP contribution in [-0.2, 0) is 72.1 Å². The molecular formula is C70H70N10O18S8. The van der Waals surface area contributed by atoms with E-state index >= 15 is 0 Å².